The number of carbonyl (C=O) groups excluding carboxylic acids is 2. The van der Waals surface area contributed by atoms with Gasteiger partial charge in [0.25, 0.3) is 0 Å². The number of amides is 1. The summed E-state index contributed by atoms with van der Waals surface area (Å²) in [5.41, 5.74) is 0.428. The molecule has 25 heavy (non-hydrogen) atoms. The molecule has 1 aromatic heterocycles. The van der Waals surface area contributed by atoms with Crippen LogP contribution in [0.3, 0.4) is 0 Å². The van der Waals surface area contributed by atoms with Crippen molar-refractivity contribution in [3.05, 3.63) is 65.2 Å². The molecule has 2 unspecified atom stereocenters. The van der Waals surface area contributed by atoms with Gasteiger partial charge >= 0.3 is 6.09 Å². The molecule has 1 amide bonds. The summed E-state index contributed by atoms with van der Waals surface area (Å²) in [6.07, 6.45) is -2.64. The van der Waals surface area contributed by atoms with E-state index in [0.29, 0.717) is 0 Å². The van der Waals surface area contributed by atoms with Gasteiger partial charge < -0.3 is 20.3 Å². The van der Waals surface area contributed by atoms with Crippen LogP contribution in [0.5, 0.6) is 0 Å². The van der Waals surface area contributed by atoms with Crippen molar-refractivity contribution in [2.75, 3.05) is 6.54 Å². The molecule has 1 aromatic carbocycles. The molecule has 2 aromatic rings. The van der Waals surface area contributed by atoms with Gasteiger partial charge in [-0.3, -0.25) is 9.78 Å². The Balaban J connectivity index is 1.83. The van der Waals surface area contributed by atoms with Crippen molar-refractivity contribution in [3.63, 3.8) is 0 Å². The van der Waals surface area contributed by atoms with Gasteiger partial charge in [0.2, 0.25) is 0 Å². The number of alkyl carbamates (subject to hydrolysis) is 1. The lowest BCUT2D eigenvalue weighted by Gasteiger charge is -2.18. The second kappa shape index (κ2) is 8.86. The molecule has 3 N–H and O–H groups in total. The van der Waals surface area contributed by atoms with Crippen LogP contribution in [0.2, 0.25) is 0 Å². The SMILES string of the molecule is O=Cc1cc(C(O)C(O)CNC(=O)OCc2ccccc2)ncc1F. The van der Waals surface area contributed by atoms with Crippen LogP contribution in [0.4, 0.5) is 9.18 Å². The van der Waals surface area contributed by atoms with E-state index in [1.54, 1.807) is 24.3 Å². The Hall–Kier alpha value is -2.84. The van der Waals surface area contributed by atoms with Crippen LogP contribution in [0.1, 0.15) is 27.7 Å². The zero-order chi connectivity index (χ0) is 18.2. The van der Waals surface area contributed by atoms with E-state index in [-0.39, 0.29) is 30.7 Å². The number of nitrogens with one attached hydrogen (secondary N) is 1. The molecule has 7 nitrogen and oxygen atoms in total. The van der Waals surface area contributed by atoms with Gasteiger partial charge in [-0.25, -0.2) is 9.18 Å². The largest absolute Gasteiger partial charge is 0.445 e. The first-order valence-electron chi connectivity index (χ1n) is 7.42. The Morgan fingerprint density at radius 1 is 1.32 bits per heavy atom. The van der Waals surface area contributed by atoms with Gasteiger partial charge in [0.15, 0.2) is 12.1 Å². The van der Waals surface area contributed by atoms with Crippen molar-refractivity contribution in [3.8, 4) is 0 Å². The highest BCUT2D eigenvalue weighted by molar-refractivity contribution is 5.75. The van der Waals surface area contributed by atoms with Crippen molar-refractivity contribution in [2.24, 2.45) is 0 Å². The zero-order valence-electron chi connectivity index (χ0n) is 13.1. The summed E-state index contributed by atoms with van der Waals surface area (Å²) < 4.78 is 18.2. The Kier molecular flexibility index (Phi) is 6.55. The first-order chi connectivity index (χ1) is 12.0. The molecule has 0 bridgehead atoms. The molecule has 0 aliphatic heterocycles. The number of rotatable bonds is 7. The summed E-state index contributed by atoms with van der Waals surface area (Å²) in [7, 11) is 0. The van der Waals surface area contributed by atoms with Crippen LogP contribution in [0, 0.1) is 5.82 Å². The van der Waals surface area contributed by atoms with Gasteiger partial charge in [0.1, 0.15) is 18.8 Å². The highest BCUT2D eigenvalue weighted by Crippen LogP contribution is 2.16. The number of aromatic nitrogens is 1. The van der Waals surface area contributed by atoms with Crippen LogP contribution < -0.4 is 5.32 Å². The molecule has 2 rings (SSSR count). The molecule has 1 heterocycles. The van der Waals surface area contributed by atoms with Gasteiger partial charge in [0.05, 0.1) is 17.5 Å². The number of aliphatic hydroxyl groups is 2. The summed E-state index contributed by atoms with van der Waals surface area (Å²) in [4.78, 5) is 25.9. The Morgan fingerprint density at radius 3 is 2.72 bits per heavy atom. The Labute approximate surface area is 143 Å². The van der Waals surface area contributed by atoms with Crippen molar-refractivity contribution in [1.29, 1.82) is 0 Å². The predicted molar refractivity (Wildman–Crippen MR) is 85.2 cm³/mol. The second-order valence-electron chi connectivity index (χ2n) is 5.20. The number of nitrogens with zero attached hydrogens (tertiary/aromatic N) is 1. The average Bonchev–Trinajstić information content (AvgIpc) is 2.65. The van der Waals surface area contributed by atoms with Crippen LogP contribution in [0.25, 0.3) is 0 Å². The minimum atomic E-state index is -1.51. The molecule has 0 aliphatic carbocycles. The maximum Gasteiger partial charge on any atom is 0.407 e. The highest BCUT2D eigenvalue weighted by atomic mass is 19.1. The fourth-order valence-corrected chi connectivity index (χ4v) is 1.99. The topological polar surface area (TPSA) is 109 Å². The van der Waals surface area contributed by atoms with Gasteiger partial charge in [-0.05, 0) is 11.6 Å². The first-order valence-corrected chi connectivity index (χ1v) is 7.42. The number of hydrogen-bond donors (Lipinski definition) is 3. The van der Waals surface area contributed by atoms with E-state index < -0.39 is 24.1 Å². The maximum atomic E-state index is 13.2. The fourth-order valence-electron chi connectivity index (χ4n) is 1.99. The standard InChI is InChI=1S/C17H17FN2O5/c18-13-7-19-14(6-12(13)9-21)16(23)15(22)8-20-17(24)25-10-11-4-2-1-3-5-11/h1-7,9,15-16,22-23H,8,10H2,(H,20,24). The number of aliphatic hydroxyl groups excluding tert-OH is 2. The lowest BCUT2D eigenvalue weighted by atomic mass is 10.1. The third-order valence-electron chi connectivity index (χ3n) is 3.37. The Morgan fingerprint density at radius 2 is 2.04 bits per heavy atom. The molecule has 0 saturated heterocycles. The molecule has 132 valence electrons. The molecule has 0 fully saturated rings. The summed E-state index contributed by atoms with van der Waals surface area (Å²) in [6, 6.07) is 10.1. The molecular weight excluding hydrogens is 331 g/mol. The highest BCUT2D eigenvalue weighted by Gasteiger charge is 2.21. The van der Waals surface area contributed by atoms with Crippen molar-refractivity contribution < 1.29 is 28.9 Å². The van der Waals surface area contributed by atoms with Crippen LogP contribution in [-0.2, 0) is 11.3 Å². The lowest BCUT2D eigenvalue weighted by molar-refractivity contribution is 0.0158. The smallest absolute Gasteiger partial charge is 0.407 e. The fraction of sp³-hybridized carbons (Fsp3) is 0.235. The number of carbonyl (C=O) groups is 2. The number of benzene rings is 1. The summed E-state index contributed by atoms with van der Waals surface area (Å²) >= 11 is 0. The minimum absolute atomic E-state index is 0.0630. The predicted octanol–water partition coefficient (Wildman–Crippen LogP) is 1.35. The lowest BCUT2D eigenvalue weighted by Crippen LogP contribution is -2.36. The van der Waals surface area contributed by atoms with Gasteiger partial charge in [-0.2, -0.15) is 0 Å². The number of hydrogen-bond acceptors (Lipinski definition) is 6. The normalized spacial score (nSPS) is 12.9. The minimum Gasteiger partial charge on any atom is -0.445 e. The van der Waals surface area contributed by atoms with E-state index in [4.69, 9.17) is 4.74 Å². The van der Waals surface area contributed by atoms with Crippen molar-refractivity contribution >= 4 is 12.4 Å². The number of aldehydes is 1. The summed E-state index contributed by atoms with van der Waals surface area (Å²) in [6.45, 7) is -0.252. The number of pyridine rings is 1. The van der Waals surface area contributed by atoms with Gasteiger partial charge in [0, 0.05) is 6.54 Å². The van der Waals surface area contributed by atoms with Crippen molar-refractivity contribution in [2.45, 2.75) is 18.8 Å². The molecule has 2 atom stereocenters. The zero-order valence-corrected chi connectivity index (χ0v) is 13.1. The molecule has 8 heteroatoms. The number of halogens is 1. The second-order valence-corrected chi connectivity index (χ2v) is 5.20. The van der Waals surface area contributed by atoms with Gasteiger partial charge in [-0.15, -0.1) is 0 Å². The average molecular weight is 348 g/mol. The van der Waals surface area contributed by atoms with E-state index in [0.717, 1.165) is 17.8 Å². The number of ether oxygens (including phenoxy) is 1. The van der Waals surface area contributed by atoms with Crippen LogP contribution >= 0.6 is 0 Å². The molecule has 0 spiro atoms. The van der Waals surface area contributed by atoms with E-state index in [1.165, 1.54) is 0 Å². The monoisotopic (exact) mass is 348 g/mol. The van der Waals surface area contributed by atoms with Gasteiger partial charge in [-0.1, -0.05) is 30.3 Å². The van der Waals surface area contributed by atoms with Crippen molar-refractivity contribution in [1.82, 2.24) is 10.3 Å². The Bertz CT molecular complexity index is 726. The first kappa shape index (κ1) is 18.5. The third-order valence-corrected chi connectivity index (χ3v) is 3.37. The van der Waals surface area contributed by atoms with E-state index in [2.05, 4.69) is 10.3 Å². The summed E-state index contributed by atoms with van der Waals surface area (Å²) in [5, 5.41) is 22.2. The molecule has 0 radical (unpaired) electrons. The van der Waals surface area contributed by atoms with E-state index >= 15 is 0 Å². The molecule has 0 saturated carbocycles. The molecular formula is C17H17FN2O5. The van der Waals surface area contributed by atoms with Crippen LogP contribution in [-0.4, -0.2) is 40.2 Å². The summed E-state index contributed by atoms with van der Waals surface area (Å²) in [5.74, 6) is -0.831. The van der Waals surface area contributed by atoms with Crippen LogP contribution in [0.15, 0.2) is 42.6 Å². The van der Waals surface area contributed by atoms with E-state index in [9.17, 15) is 24.2 Å². The molecule has 0 aliphatic rings. The third kappa shape index (κ3) is 5.33. The quantitative estimate of drug-likeness (QED) is 0.652. The van der Waals surface area contributed by atoms with E-state index in [1.807, 2.05) is 6.07 Å². The maximum absolute atomic E-state index is 13.2.